The van der Waals surface area contributed by atoms with Crippen LogP contribution in [-0.2, 0) is 0 Å². The monoisotopic (exact) mass is 365 g/mol. The highest BCUT2D eigenvalue weighted by Crippen LogP contribution is 2.25. The lowest BCUT2D eigenvalue weighted by Crippen LogP contribution is -2.50. The van der Waals surface area contributed by atoms with Crippen LogP contribution in [0, 0.1) is 6.92 Å². The number of β-amino-alcohol motifs (C(OH)–C–C–N with tert-alkyl or cyclic N) is 1. The predicted molar refractivity (Wildman–Crippen MR) is 96.5 cm³/mol. The van der Waals surface area contributed by atoms with Gasteiger partial charge in [0.25, 0.3) is 0 Å². The van der Waals surface area contributed by atoms with Crippen molar-refractivity contribution in [2.75, 3.05) is 39.3 Å². The van der Waals surface area contributed by atoms with E-state index in [1.807, 2.05) is 25.1 Å². The molecule has 1 aliphatic heterocycles. The summed E-state index contributed by atoms with van der Waals surface area (Å²) < 4.78 is 6.88. The molecule has 0 aliphatic carbocycles. The predicted octanol–water partition coefficient (Wildman–Crippen LogP) is 2.03. The normalized spacial score (nSPS) is 17.0. The van der Waals surface area contributed by atoms with Gasteiger partial charge in [-0.1, -0.05) is 0 Å². The Morgan fingerprint density at radius 3 is 2.84 bits per heavy atom. The molecule has 2 aromatic rings. The van der Waals surface area contributed by atoms with Crippen molar-refractivity contribution in [3.8, 4) is 5.75 Å². The number of piperazine rings is 1. The van der Waals surface area contributed by atoms with Gasteiger partial charge in [-0.3, -0.25) is 4.90 Å². The van der Waals surface area contributed by atoms with Crippen LogP contribution in [0.4, 0.5) is 4.79 Å². The van der Waals surface area contributed by atoms with Gasteiger partial charge in [0.05, 0.1) is 27.9 Å². The van der Waals surface area contributed by atoms with E-state index < -0.39 is 12.2 Å². The number of benzene rings is 1. The molecule has 7 nitrogen and oxygen atoms in total. The maximum Gasteiger partial charge on any atom is 0.407 e. The molecule has 1 aromatic heterocycles. The first-order valence-corrected chi connectivity index (χ1v) is 9.21. The largest absolute Gasteiger partial charge is 0.493 e. The van der Waals surface area contributed by atoms with Crippen LogP contribution < -0.4 is 4.74 Å². The number of nitrogens with zero attached hydrogens (tertiary/aromatic N) is 3. The highest BCUT2D eigenvalue weighted by Gasteiger charge is 2.21. The van der Waals surface area contributed by atoms with E-state index in [0.29, 0.717) is 45.8 Å². The minimum absolute atomic E-state index is 0.435. The molecule has 1 fully saturated rings. The fraction of sp³-hybridized carbons (Fsp3) is 0.529. The van der Waals surface area contributed by atoms with Gasteiger partial charge in [-0.25, -0.2) is 9.78 Å². The lowest BCUT2D eigenvalue weighted by atomic mass is 10.2. The van der Waals surface area contributed by atoms with Gasteiger partial charge in [0.15, 0.2) is 0 Å². The fourth-order valence-corrected chi connectivity index (χ4v) is 3.74. The van der Waals surface area contributed by atoms with Crippen molar-refractivity contribution < 1.29 is 19.7 Å². The van der Waals surface area contributed by atoms with E-state index in [4.69, 9.17) is 9.84 Å². The van der Waals surface area contributed by atoms with Gasteiger partial charge in [0.1, 0.15) is 5.75 Å². The summed E-state index contributed by atoms with van der Waals surface area (Å²) in [7, 11) is 0. The molecular formula is C17H23N3O4S. The first kappa shape index (κ1) is 17.9. The number of carbonyl (C=O) groups is 1. The fourth-order valence-electron chi connectivity index (χ4n) is 2.94. The highest BCUT2D eigenvalue weighted by atomic mass is 32.1. The summed E-state index contributed by atoms with van der Waals surface area (Å²) in [6, 6.07) is 5.86. The number of aliphatic hydroxyl groups is 1. The number of hydrogen-bond acceptors (Lipinski definition) is 6. The number of carboxylic acid groups (broad SMARTS) is 1. The van der Waals surface area contributed by atoms with Crippen molar-refractivity contribution >= 4 is 27.6 Å². The maximum absolute atomic E-state index is 10.9. The zero-order valence-corrected chi connectivity index (χ0v) is 15.0. The minimum Gasteiger partial charge on any atom is -0.493 e. The van der Waals surface area contributed by atoms with Gasteiger partial charge < -0.3 is 19.8 Å². The Bertz CT molecular complexity index is 728. The van der Waals surface area contributed by atoms with Crippen molar-refractivity contribution in [2.24, 2.45) is 0 Å². The molecule has 0 bridgehead atoms. The van der Waals surface area contributed by atoms with Gasteiger partial charge in [-0.2, -0.15) is 0 Å². The molecule has 2 heterocycles. The van der Waals surface area contributed by atoms with E-state index in [-0.39, 0.29) is 0 Å². The molecule has 1 saturated heterocycles. The van der Waals surface area contributed by atoms with E-state index >= 15 is 0 Å². The molecule has 0 radical (unpaired) electrons. The third kappa shape index (κ3) is 4.81. The number of aromatic nitrogens is 1. The number of rotatable bonds is 6. The Balaban J connectivity index is 1.40. The molecule has 8 heteroatoms. The molecule has 1 aliphatic rings. The van der Waals surface area contributed by atoms with Crippen molar-refractivity contribution in [3.63, 3.8) is 0 Å². The second-order valence-electron chi connectivity index (χ2n) is 6.22. The second-order valence-corrected chi connectivity index (χ2v) is 7.46. The van der Waals surface area contributed by atoms with Crippen LogP contribution in [0.5, 0.6) is 5.75 Å². The molecule has 1 atom stereocenters. The quantitative estimate of drug-likeness (QED) is 0.815. The van der Waals surface area contributed by atoms with Crippen molar-refractivity contribution in [1.29, 1.82) is 0 Å². The minimum atomic E-state index is -0.874. The van der Waals surface area contributed by atoms with E-state index in [1.165, 1.54) is 4.90 Å². The molecule has 25 heavy (non-hydrogen) atoms. The number of amides is 1. The Hall–Kier alpha value is -1.90. The average Bonchev–Trinajstić information content (AvgIpc) is 2.94. The van der Waals surface area contributed by atoms with Gasteiger partial charge in [-0.05, 0) is 19.1 Å². The number of aryl methyl sites for hydroxylation is 1. The van der Waals surface area contributed by atoms with Crippen LogP contribution in [0.25, 0.3) is 10.2 Å². The molecular weight excluding hydrogens is 342 g/mol. The third-order valence-corrected chi connectivity index (χ3v) is 5.25. The van der Waals surface area contributed by atoms with E-state index in [1.54, 1.807) is 11.3 Å². The summed E-state index contributed by atoms with van der Waals surface area (Å²) in [6.45, 7) is 5.26. The Kier molecular flexibility index (Phi) is 5.72. The van der Waals surface area contributed by atoms with E-state index in [0.717, 1.165) is 21.0 Å². The third-order valence-electron chi connectivity index (χ3n) is 4.30. The summed E-state index contributed by atoms with van der Waals surface area (Å²) in [4.78, 5) is 18.8. The van der Waals surface area contributed by atoms with Crippen molar-refractivity contribution in [3.05, 3.63) is 23.2 Å². The Labute approximate surface area is 150 Å². The maximum atomic E-state index is 10.9. The summed E-state index contributed by atoms with van der Waals surface area (Å²) >= 11 is 1.66. The number of aliphatic hydroxyl groups excluding tert-OH is 1. The van der Waals surface area contributed by atoms with E-state index in [9.17, 15) is 9.90 Å². The van der Waals surface area contributed by atoms with Crippen LogP contribution in [0.15, 0.2) is 18.2 Å². The van der Waals surface area contributed by atoms with Gasteiger partial charge in [-0.15, -0.1) is 11.3 Å². The summed E-state index contributed by atoms with van der Waals surface area (Å²) in [5, 5.41) is 20.1. The molecule has 1 unspecified atom stereocenters. The number of thiazole rings is 1. The molecule has 0 saturated carbocycles. The average molecular weight is 365 g/mol. The Morgan fingerprint density at radius 1 is 1.36 bits per heavy atom. The van der Waals surface area contributed by atoms with Gasteiger partial charge in [0.2, 0.25) is 0 Å². The molecule has 3 rings (SSSR count). The Morgan fingerprint density at radius 2 is 2.12 bits per heavy atom. The van der Waals surface area contributed by atoms with Crippen LogP contribution >= 0.6 is 11.3 Å². The standard InChI is InChI=1S/C17H23N3O4S/c1-12-18-15-10-14(2-3-16(15)25-12)24-9-4-13(21)11-19-5-7-20(8-6-19)17(22)23/h2-3,10,13,21H,4-9,11H2,1H3,(H,22,23). The lowest BCUT2D eigenvalue weighted by Gasteiger charge is -2.34. The lowest BCUT2D eigenvalue weighted by molar-refractivity contribution is 0.0603. The number of ether oxygens (including phenoxy) is 1. The number of hydrogen-bond donors (Lipinski definition) is 2. The van der Waals surface area contributed by atoms with Crippen LogP contribution in [0.1, 0.15) is 11.4 Å². The van der Waals surface area contributed by atoms with Crippen molar-refractivity contribution in [1.82, 2.24) is 14.8 Å². The van der Waals surface area contributed by atoms with Gasteiger partial charge in [0, 0.05) is 45.2 Å². The first-order chi connectivity index (χ1) is 12.0. The van der Waals surface area contributed by atoms with Gasteiger partial charge >= 0.3 is 6.09 Å². The van der Waals surface area contributed by atoms with Crippen LogP contribution in [-0.4, -0.2) is 76.5 Å². The summed E-state index contributed by atoms with van der Waals surface area (Å²) in [5.74, 6) is 0.764. The first-order valence-electron chi connectivity index (χ1n) is 8.39. The van der Waals surface area contributed by atoms with E-state index in [2.05, 4.69) is 9.88 Å². The van der Waals surface area contributed by atoms with Crippen LogP contribution in [0.3, 0.4) is 0 Å². The summed E-state index contributed by atoms with van der Waals surface area (Å²) in [6.07, 6.45) is -0.824. The summed E-state index contributed by atoms with van der Waals surface area (Å²) in [5.41, 5.74) is 0.942. The molecule has 1 aromatic carbocycles. The zero-order valence-electron chi connectivity index (χ0n) is 14.2. The highest BCUT2D eigenvalue weighted by molar-refractivity contribution is 7.18. The topological polar surface area (TPSA) is 86.1 Å². The molecule has 136 valence electrons. The smallest absolute Gasteiger partial charge is 0.407 e. The number of fused-ring (bicyclic) bond motifs is 1. The zero-order chi connectivity index (χ0) is 17.8. The second kappa shape index (κ2) is 7.99. The van der Waals surface area contributed by atoms with Crippen LogP contribution in [0.2, 0.25) is 0 Å². The molecule has 1 amide bonds. The molecule has 2 N–H and O–H groups in total. The van der Waals surface area contributed by atoms with Crippen molar-refractivity contribution in [2.45, 2.75) is 19.4 Å². The SMILES string of the molecule is Cc1nc2cc(OCCC(O)CN3CCN(C(=O)O)CC3)ccc2s1. The molecule has 0 spiro atoms.